The Bertz CT molecular complexity index is 712. The van der Waals surface area contributed by atoms with Gasteiger partial charge in [0.25, 0.3) is 0 Å². The smallest absolute Gasteiger partial charge is 0.161 e. The van der Waals surface area contributed by atoms with Gasteiger partial charge in [-0.15, -0.1) is 0 Å². The van der Waals surface area contributed by atoms with Crippen LogP contribution < -0.4 is 5.32 Å². The van der Waals surface area contributed by atoms with Gasteiger partial charge in [0.05, 0.1) is 11.1 Å². The first-order valence-electron chi connectivity index (χ1n) is 7.44. The summed E-state index contributed by atoms with van der Waals surface area (Å²) in [6.45, 7) is 4.18. The molecule has 0 aromatic heterocycles. The lowest BCUT2D eigenvalue weighted by Gasteiger charge is -2.40. The van der Waals surface area contributed by atoms with Crippen LogP contribution in [0, 0.1) is 22.7 Å². The van der Waals surface area contributed by atoms with Gasteiger partial charge in [0.15, 0.2) is 5.78 Å². The van der Waals surface area contributed by atoms with Gasteiger partial charge in [-0.2, -0.15) is 5.26 Å². The van der Waals surface area contributed by atoms with E-state index >= 15 is 0 Å². The maximum Gasteiger partial charge on any atom is 0.161 e. The molecule has 0 saturated heterocycles. The molecule has 112 valence electrons. The molecule has 0 fully saturated rings. The van der Waals surface area contributed by atoms with E-state index in [4.69, 9.17) is 12.2 Å². The maximum absolute atomic E-state index is 12.7. The SMILES string of the molecule is CC1(C)CC(=O)C2=C(C1)NC(=S)[C@@H](C#N)[C@@H]2c1ccccc1. The molecule has 1 aliphatic carbocycles. The van der Waals surface area contributed by atoms with Crippen molar-refractivity contribution in [2.75, 3.05) is 0 Å². The van der Waals surface area contributed by atoms with Gasteiger partial charge >= 0.3 is 0 Å². The highest BCUT2D eigenvalue weighted by Gasteiger charge is 2.44. The standard InChI is InChI=1S/C18H18N2OS/c1-18(2)8-13-16(14(21)9-18)15(11-6-4-3-5-7-11)12(10-19)17(22)20-13/h3-7,12,15H,8-9H2,1-2H3,(H,20,22)/t12-,15-/m0/s1. The van der Waals surface area contributed by atoms with Gasteiger partial charge in [0.2, 0.25) is 0 Å². The van der Waals surface area contributed by atoms with E-state index in [1.54, 1.807) is 0 Å². The minimum Gasteiger partial charge on any atom is -0.352 e. The largest absolute Gasteiger partial charge is 0.352 e. The molecule has 0 saturated carbocycles. The highest BCUT2D eigenvalue weighted by Crippen LogP contribution is 2.45. The van der Waals surface area contributed by atoms with Crippen LogP contribution in [0.3, 0.4) is 0 Å². The Morgan fingerprint density at radius 1 is 1.27 bits per heavy atom. The first-order valence-corrected chi connectivity index (χ1v) is 7.85. The molecule has 1 heterocycles. The fraction of sp³-hybridized carbons (Fsp3) is 0.389. The van der Waals surface area contributed by atoms with Crippen LogP contribution >= 0.6 is 12.2 Å². The lowest BCUT2D eigenvalue weighted by atomic mass is 9.67. The molecule has 1 N–H and O–H groups in total. The third-order valence-corrected chi connectivity index (χ3v) is 4.77. The van der Waals surface area contributed by atoms with E-state index < -0.39 is 5.92 Å². The monoisotopic (exact) mass is 310 g/mol. The molecule has 1 aliphatic heterocycles. The number of benzene rings is 1. The van der Waals surface area contributed by atoms with Crippen molar-refractivity contribution in [1.29, 1.82) is 5.26 Å². The number of carbonyl (C=O) groups excluding carboxylic acids is 1. The summed E-state index contributed by atoms with van der Waals surface area (Å²) in [6.07, 6.45) is 1.30. The molecule has 22 heavy (non-hydrogen) atoms. The van der Waals surface area contributed by atoms with Gasteiger partial charge in [-0.3, -0.25) is 4.79 Å². The third-order valence-electron chi connectivity index (χ3n) is 4.42. The van der Waals surface area contributed by atoms with Crippen LogP contribution in [0.2, 0.25) is 0 Å². The summed E-state index contributed by atoms with van der Waals surface area (Å²) < 4.78 is 0. The molecule has 0 spiro atoms. The number of nitriles is 1. The first-order chi connectivity index (χ1) is 10.4. The van der Waals surface area contributed by atoms with E-state index in [9.17, 15) is 10.1 Å². The summed E-state index contributed by atoms with van der Waals surface area (Å²) in [7, 11) is 0. The van der Waals surface area contributed by atoms with Crippen LogP contribution in [-0.4, -0.2) is 10.8 Å². The summed E-state index contributed by atoms with van der Waals surface area (Å²) in [4.78, 5) is 13.3. The number of nitrogens with one attached hydrogen (secondary N) is 1. The topological polar surface area (TPSA) is 52.9 Å². The van der Waals surface area contributed by atoms with E-state index in [0.29, 0.717) is 11.4 Å². The summed E-state index contributed by atoms with van der Waals surface area (Å²) in [5, 5.41) is 12.7. The number of carbonyl (C=O) groups is 1. The Balaban J connectivity index is 2.17. The number of rotatable bonds is 1. The fourth-order valence-corrected chi connectivity index (χ4v) is 3.82. The summed E-state index contributed by atoms with van der Waals surface area (Å²) in [5.74, 6) is -0.602. The van der Waals surface area contributed by atoms with E-state index in [0.717, 1.165) is 23.3 Å². The van der Waals surface area contributed by atoms with Gasteiger partial charge in [-0.05, 0) is 17.4 Å². The Morgan fingerprint density at radius 3 is 2.59 bits per heavy atom. The quantitative estimate of drug-likeness (QED) is 0.807. The van der Waals surface area contributed by atoms with Crippen LogP contribution in [0.15, 0.2) is 41.6 Å². The molecule has 0 radical (unpaired) electrons. The van der Waals surface area contributed by atoms with Crippen molar-refractivity contribution in [2.45, 2.75) is 32.6 Å². The number of nitrogens with zero attached hydrogens (tertiary/aromatic N) is 1. The van der Waals surface area contributed by atoms with Crippen molar-refractivity contribution in [2.24, 2.45) is 11.3 Å². The van der Waals surface area contributed by atoms with E-state index in [-0.39, 0.29) is 17.1 Å². The molecule has 1 aromatic rings. The summed E-state index contributed by atoms with van der Waals surface area (Å²) in [6, 6.07) is 12.0. The molecular formula is C18H18N2OS. The zero-order valence-corrected chi connectivity index (χ0v) is 13.5. The normalized spacial score (nSPS) is 27.0. The van der Waals surface area contributed by atoms with Gasteiger partial charge in [-0.25, -0.2) is 0 Å². The lowest BCUT2D eigenvalue weighted by molar-refractivity contribution is -0.118. The van der Waals surface area contributed by atoms with E-state index in [1.165, 1.54) is 0 Å². The lowest BCUT2D eigenvalue weighted by Crippen LogP contribution is -2.44. The van der Waals surface area contributed by atoms with Crippen LogP contribution in [0.1, 0.15) is 38.2 Å². The molecule has 1 aromatic carbocycles. The Kier molecular flexibility index (Phi) is 3.62. The van der Waals surface area contributed by atoms with Crippen molar-refractivity contribution < 1.29 is 4.79 Å². The first kappa shape index (κ1) is 14.9. The summed E-state index contributed by atoms with van der Waals surface area (Å²) in [5.41, 5.74) is 2.58. The van der Waals surface area contributed by atoms with E-state index in [1.807, 2.05) is 30.3 Å². The second-order valence-corrected chi connectivity index (χ2v) is 7.26. The van der Waals surface area contributed by atoms with Crippen LogP contribution in [-0.2, 0) is 4.79 Å². The summed E-state index contributed by atoms with van der Waals surface area (Å²) >= 11 is 5.41. The van der Waals surface area contributed by atoms with Gasteiger partial charge in [0, 0.05) is 23.6 Å². The maximum atomic E-state index is 12.7. The van der Waals surface area contributed by atoms with Gasteiger partial charge in [0.1, 0.15) is 5.92 Å². The zero-order chi connectivity index (χ0) is 15.9. The predicted molar refractivity (Wildman–Crippen MR) is 89.1 cm³/mol. The van der Waals surface area contributed by atoms with Crippen molar-refractivity contribution in [3.8, 4) is 6.07 Å². The highest BCUT2D eigenvalue weighted by molar-refractivity contribution is 7.80. The predicted octanol–water partition coefficient (Wildman–Crippen LogP) is 3.48. The molecule has 0 unspecified atom stereocenters. The average molecular weight is 310 g/mol. The van der Waals surface area contributed by atoms with Gasteiger partial charge < -0.3 is 5.32 Å². The molecule has 4 heteroatoms. The molecule has 2 atom stereocenters. The highest BCUT2D eigenvalue weighted by atomic mass is 32.1. The van der Waals surface area contributed by atoms with E-state index in [2.05, 4.69) is 25.2 Å². The number of hydrogen-bond acceptors (Lipinski definition) is 3. The Labute approximate surface area is 136 Å². The molecule has 3 rings (SSSR count). The zero-order valence-electron chi connectivity index (χ0n) is 12.7. The number of thiocarbonyl (C=S) groups is 1. The minimum atomic E-state index is -0.485. The van der Waals surface area contributed by atoms with Crippen molar-refractivity contribution in [3.63, 3.8) is 0 Å². The molecule has 0 bridgehead atoms. The number of Topliss-reactive ketones (excluding diaryl/α,β-unsaturated/α-hetero) is 1. The van der Waals surface area contributed by atoms with Gasteiger partial charge in [-0.1, -0.05) is 56.4 Å². The van der Waals surface area contributed by atoms with Crippen molar-refractivity contribution in [1.82, 2.24) is 5.32 Å². The van der Waals surface area contributed by atoms with Crippen molar-refractivity contribution >= 4 is 23.0 Å². The van der Waals surface area contributed by atoms with Crippen LogP contribution in [0.25, 0.3) is 0 Å². The third kappa shape index (κ3) is 2.46. The second kappa shape index (κ2) is 5.33. The second-order valence-electron chi connectivity index (χ2n) is 6.82. The van der Waals surface area contributed by atoms with Crippen LogP contribution in [0.5, 0.6) is 0 Å². The molecule has 3 nitrogen and oxygen atoms in total. The molecule has 2 aliphatic rings. The minimum absolute atomic E-state index is 0.0702. The van der Waals surface area contributed by atoms with Crippen molar-refractivity contribution in [3.05, 3.63) is 47.2 Å². The number of allylic oxidation sites excluding steroid dienone is 2. The Hall–Kier alpha value is -1.99. The Morgan fingerprint density at radius 2 is 1.95 bits per heavy atom. The van der Waals surface area contributed by atoms with Crippen LogP contribution in [0.4, 0.5) is 0 Å². The fourth-order valence-electron chi connectivity index (χ4n) is 3.50. The molecule has 0 amide bonds. The number of hydrogen-bond donors (Lipinski definition) is 1. The number of ketones is 1. The molecular weight excluding hydrogens is 292 g/mol. The average Bonchev–Trinajstić information content (AvgIpc) is 2.45.